The molecule has 0 bridgehead atoms. The molecule has 0 fully saturated rings. The zero-order valence-corrected chi connectivity index (χ0v) is 13.5. The second-order valence-corrected chi connectivity index (χ2v) is 6.63. The zero-order valence-electron chi connectivity index (χ0n) is 13.5. The summed E-state index contributed by atoms with van der Waals surface area (Å²) in [6.07, 6.45) is 11.2. The van der Waals surface area contributed by atoms with Gasteiger partial charge >= 0.3 is 0 Å². The highest BCUT2D eigenvalue weighted by Crippen LogP contribution is 2.45. The molecule has 0 saturated heterocycles. The highest BCUT2D eigenvalue weighted by Gasteiger charge is 2.38. The standard InChI is InChI=1S/C22H22O/c1-2-8-17-10-5-6-14-22(17,23)21-13-7-12-19-18-11-4-3-9-16(18)15-20(19)21/h3-7,9-14,17,23H,2,8,15H2,1H3. The van der Waals surface area contributed by atoms with Crippen molar-refractivity contribution in [3.8, 4) is 11.1 Å². The minimum Gasteiger partial charge on any atom is -0.380 e. The number of allylic oxidation sites excluding steroid dienone is 2. The molecule has 1 heteroatoms. The van der Waals surface area contributed by atoms with Gasteiger partial charge < -0.3 is 5.11 Å². The van der Waals surface area contributed by atoms with Crippen molar-refractivity contribution in [3.05, 3.63) is 83.5 Å². The molecular weight excluding hydrogens is 280 g/mol. The number of fused-ring (bicyclic) bond motifs is 3. The molecule has 2 aromatic carbocycles. The Labute approximate surface area is 138 Å². The maximum absolute atomic E-state index is 11.5. The van der Waals surface area contributed by atoms with E-state index < -0.39 is 5.60 Å². The van der Waals surface area contributed by atoms with Crippen molar-refractivity contribution >= 4 is 0 Å². The van der Waals surface area contributed by atoms with Gasteiger partial charge in [0.05, 0.1) is 0 Å². The van der Waals surface area contributed by atoms with E-state index in [9.17, 15) is 5.11 Å². The largest absolute Gasteiger partial charge is 0.380 e. The smallest absolute Gasteiger partial charge is 0.115 e. The van der Waals surface area contributed by atoms with Crippen LogP contribution in [0.1, 0.15) is 36.5 Å². The second-order valence-electron chi connectivity index (χ2n) is 6.63. The summed E-state index contributed by atoms with van der Waals surface area (Å²) >= 11 is 0. The van der Waals surface area contributed by atoms with Crippen molar-refractivity contribution in [3.63, 3.8) is 0 Å². The van der Waals surface area contributed by atoms with Crippen LogP contribution < -0.4 is 0 Å². The summed E-state index contributed by atoms with van der Waals surface area (Å²) in [5.74, 6) is 0.146. The van der Waals surface area contributed by atoms with E-state index in [-0.39, 0.29) is 5.92 Å². The lowest BCUT2D eigenvalue weighted by molar-refractivity contribution is 0.0384. The molecule has 4 rings (SSSR count). The summed E-state index contributed by atoms with van der Waals surface area (Å²) in [6.45, 7) is 2.18. The Morgan fingerprint density at radius 2 is 1.87 bits per heavy atom. The van der Waals surface area contributed by atoms with E-state index in [1.807, 2.05) is 12.2 Å². The van der Waals surface area contributed by atoms with Crippen molar-refractivity contribution in [2.45, 2.75) is 31.8 Å². The summed E-state index contributed by atoms with van der Waals surface area (Å²) < 4.78 is 0. The van der Waals surface area contributed by atoms with Crippen molar-refractivity contribution in [1.82, 2.24) is 0 Å². The molecule has 0 radical (unpaired) electrons. The first kappa shape index (κ1) is 14.5. The van der Waals surface area contributed by atoms with Crippen LogP contribution in [0.2, 0.25) is 0 Å². The van der Waals surface area contributed by atoms with Gasteiger partial charge in [0.2, 0.25) is 0 Å². The van der Waals surface area contributed by atoms with E-state index in [1.54, 1.807) is 0 Å². The molecule has 23 heavy (non-hydrogen) atoms. The average Bonchev–Trinajstić information content (AvgIpc) is 2.96. The van der Waals surface area contributed by atoms with Gasteiger partial charge in [-0.05, 0) is 46.7 Å². The van der Waals surface area contributed by atoms with Gasteiger partial charge in [-0.1, -0.05) is 74.0 Å². The number of hydrogen-bond acceptors (Lipinski definition) is 1. The van der Waals surface area contributed by atoms with Gasteiger partial charge in [0.15, 0.2) is 0 Å². The third kappa shape index (κ3) is 2.19. The Morgan fingerprint density at radius 1 is 1.04 bits per heavy atom. The van der Waals surface area contributed by atoms with E-state index in [1.165, 1.54) is 22.3 Å². The van der Waals surface area contributed by atoms with Gasteiger partial charge in [-0.25, -0.2) is 0 Å². The Bertz CT molecular complexity index is 799. The van der Waals surface area contributed by atoms with Crippen LogP contribution in [-0.2, 0) is 12.0 Å². The summed E-state index contributed by atoms with van der Waals surface area (Å²) in [4.78, 5) is 0. The molecule has 2 aliphatic carbocycles. The predicted octanol–water partition coefficient (Wildman–Crippen LogP) is 4.99. The molecule has 0 heterocycles. The van der Waals surface area contributed by atoms with Crippen LogP contribution in [0.3, 0.4) is 0 Å². The Balaban J connectivity index is 1.85. The van der Waals surface area contributed by atoms with E-state index in [2.05, 4.69) is 61.5 Å². The monoisotopic (exact) mass is 302 g/mol. The summed E-state index contributed by atoms with van der Waals surface area (Å²) in [5, 5.41) is 11.5. The first-order chi connectivity index (χ1) is 11.2. The maximum Gasteiger partial charge on any atom is 0.115 e. The maximum atomic E-state index is 11.5. The fraction of sp³-hybridized carbons (Fsp3) is 0.273. The van der Waals surface area contributed by atoms with Gasteiger partial charge in [-0.2, -0.15) is 0 Å². The highest BCUT2D eigenvalue weighted by atomic mass is 16.3. The SMILES string of the molecule is CCCC1C=CC=CC1(O)c1cccc2c1Cc1ccccc1-2. The van der Waals surface area contributed by atoms with Crippen LogP contribution in [0.4, 0.5) is 0 Å². The summed E-state index contributed by atoms with van der Waals surface area (Å²) in [7, 11) is 0. The van der Waals surface area contributed by atoms with E-state index >= 15 is 0 Å². The molecule has 0 aromatic heterocycles. The predicted molar refractivity (Wildman–Crippen MR) is 95.3 cm³/mol. The number of aliphatic hydroxyl groups is 1. The molecule has 2 atom stereocenters. The van der Waals surface area contributed by atoms with Crippen molar-refractivity contribution in [1.29, 1.82) is 0 Å². The topological polar surface area (TPSA) is 20.2 Å². The molecule has 1 N–H and O–H groups in total. The first-order valence-corrected chi connectivity index (χ1v) is 8.53. The van der Waals surface area contributed by atoms with Crippen LogP contribution in [0, 0.1) is 5.92 Å². The highest BCUT2D eigenvalue weighted by molar-refractivity contribution is 5.78. The molecule has 2 aromatic rings. The molecule has 116 valence electrons. The Morgan fingerprint density at radius 3 is 2.74 bits per heavy atom. The lowest BCUT2D eigenvalue weighted by Gasteiger charge is -2.35. The molecular formula is C22H22O. The molecule has 0 aliphatic heterocycles. The fourth-order valence-corrected chi connectivity index (χ4v) is 4.12. The van der Waals surface area contributed by atoms with E-state index in [4.69, 9.17) is 0 Å². The number of hydrogen-bond donors (Lipinski definition) is 1. The summed E-state index contributed by atoms with van der Waals surface area (Å²) in [6, 6.07) is 15.0. The molecule has 2 aliphatic rings. The Hall–Kier alpha value is -2.12. The molecule has 1 nitrogen and oxygen atoms in total. The molecule has 0 spiro atoms. The lowest BCUT2D eigenvalue weighted by Crippen LogP contribution is -2.34. The van der Waals surface area contributed by atoms with Crippen LogP contribution in [0.25, 0.3) is 11.1 Å². The molecule has 0 amide bonds. The van der Waals surface area contributed by atoms with Crippen molar-refractivity contribution in [2.24, 2.45) is 5.92 Å². The third-order valence-corrected chi connectivity index (χ3v) is 5.25. The molecule has 2 unspecified atom stereocenters. The first-order valence-electron chi connectivity index (χ1n) is 8.53. The van der Waals surface area contributed by atoms with Crippen LogP contribution in [0.15, 0.2) is 66.8 Å². The second kappa shape index (κ2) is 5.50. The Kier molecular flexibility index (Phi) is 3.46. The third-order valence-electron chi connectivity index (χ3n) is 5.25. The zero-order chi connectivity index (χ0) is 15.9. The summed E-state index contributed by atoms with van der Waals surface area (Å²) in [5.41, 5.74) is 5.43. The van der Waals surface area contributed by atoms with Gasteiger partial charge in [-0.15, -0.1) is 0 Å². The van der Waals surface area contributed by atoms with E-state index in [0.717, 1.165) is 24.8 Å². The number of benzene rings is 2. The van der Waals surface area contributed by atoms with Gasteiger partial charge in [0, 0.05) is 5.92 Å². The van der Waals surface area contributed by atoms with Crippen LogP contribution in [0.5, 0.6) is 0 Å². The minimum absolute atomic E-state index is 0.146. The quantitative estimate of drug-likeness (QED) is 0.723. The average molecular weight is 302 g/mol. The van der Waals surface area contributed by atoms with Gasteiger partial charge in [0.1, 0.15) is 5.60 Å². The van der Waals surface area contributed by atoms with Crippen molar-refractivity contribution < 1.29 is 5.11 Å². The van der Waals surface area contributed by atoms with Crippen LogP contribution in [-0.4, -0.2) is 5.11 Å². The normalized spacial score (nSPS) is 24.5. The van der Waals surface area contributed by atoms with Gasteiger partial charge in [-0.3, -0.25) is 0 Å². The minimum atomic E-state index is -0.891. The number of rotatable bonds is 3. The fourth-order valence-electron chi connectivity index (χ4n) is 4.12. The van der Waals surface area contributed by atoms with Crippen LogP contribution >= 0.6 is 0 Å². The molecule has 0 saturated carbocycles. The van der Waals surface area contributed by atoms with Crippen molar-refractivity contribution in [2.75, 3.05) is 0 Å². The van der Waals surface area contributed by atoms with Gasteiger partial charge in [0.25, 0.3) is 0 Å². The lowest BCUT2D eigenvalue weighted by atomic mass is 9.74. The van der Waals surface area contributed by atoms with E-state index in [0.29, 0.717) is 0 Å².